The maximum Gasteiger partial charge on any atom is 0.408 e. The Morgan fingerprint density at radius 2 is 1.56 bits per heavy atom. The number of nitrogens with two attached hydrogens (primary N) is 1. The van der Waals surface area contributed by atoms with Crippen LogP contribution in [0.3, 0.4) is 0 Å². The van der Waals surface area contributed by atoms with Crippen LogP contribution in [0.1, 0.15) is 38.3 Å². The van der Waals surface area contributed by atoms with E-state index in [4.69, 9.17) is 10.5 Å². The molecule has 0 aliphatic rings. The molecule has 2 rings (SSSR count). The molecule has 4 atom stereocenters. The van der Waals surface area contributed by atoms with E-state index in [-0.39, 0.29) is 18.8 Å². The first kappa shape index (κ1) is 36.2. The summed E-state index contributed by atoms with van der Waals surface area (Å²) in [5.74, 6) is -5.68. The summed E-state index contributed by atoms with van der Waals surface area (Å²) in [6, 6.07) is 8.71. The van der Waals surface area contributed by atoms with Gasteiger partial charge in [-0.3, -0.25) is 24.0 Å². The lowest BCUT2D eigenvalue weighted by Crippen LogP contribution is -2.62. The number of Topliss-reactive ketones (excluding diaryl/α,β-unsaturated/α-hetero) is 1. The molecule has 0 aromatic heterocycles. The number of rotatable bonds is 16. The zero-order chi connectivity index (χ0) is 33.7. The van der Waals surface area contributed by atoms with Gasteiger partial charge in [0.1, 0.15) is 43.2 Å². The minimum atomic E-state index is -1.76. The predicted octanol–water partition coefficient (Wildman–Crippen LogP) is 1.54. The summed E-state index contributed by atoms with van der Waals surface area (Å²) < 4.78 is 23.4. The molecule has 5 N–H and O–H groups in total. The lowest BCUT2D eigenvalue weighted by molar-refractivity contribution is -0.154. The van der Waals surface area contributed by atoms with Gasteiger partial charge in [-0.15, -0.1) is 0 Å². The molecule has 13 nitrogen and oxygen atoms in total. The van der Waals surface area contributed by atoms with Crippen molar-refractivity contribution in [3.8, 4) is 5.75 Å². The molecule has 0 heterocycles. The van der Waals surface area contributed by atoms with Crippen LogP contribution in [0.2, 0.25) is 0 Å². The number of hydrogen-bond acceptors (Lipinski definition) is 9. The summed E-state index contributed by atoms with van der Waals surface area (Å²) in [6.07, 6.45) is -1.78. The maximum atomic E-state index is 13.9. The number of nitrogens with one attached hydrogen (secondary N) is 2. The summed E-state index contributed by atoms with van der Waals surface area (Å²) in [5, 5.41) is 14.7. The van der Waals surface area contributed by atoms with Crippen molar-refractivity contribution < 1.29 is 47.7 Å². The van der Waals surface area contributed by atoms with E-state index >= 15 is 0 Å². The van der Waals surface area contributed by atoms with Crippen LogP contribution in [0.5, 0.6) is 5.75 Å². The summed E-state index contributed by atoms with van der Waals surface area (Å²) in [7, 11) is 1.03. The largest absolute Gasteiger partial charge is 0.508 e. The minimum absolute atomic E-state index is 0.0200. The number of aromatic hydroxyl groups is 1. The average Bonchev–Trinajstić information content (AvgIpc) is 3.02. The standard InChI is InChI=1S/C31H39FN4O9/c1-18(2)27(30(42)36(19(3)28(33)40)24(25(38)16-32)15-26(39)44-4)35-29(41)23(14-20-10-12-22(37)13-11-20)34-31(43)45-17-21-8-6-5-7-9-21/h5-13,18-19,23-24,27,37H,14-17H2,1-4H3,(H2,33,40)(H,34,43)(H,35,41)/t19-,23-,24-,27-/m0/s1. The second kappa shape index (κ2) is 17.3. The molecule has 0 fully saturated rings. The number of phenols is 1. The number of alkyl halides is 1. The minimum Gasteiger partial charge on any atom is -0.508 e. The van der Waals surface area contributed by atoms with E-state index in [1.54, 1.807) is 44.2 Å². The molecule has 2 aromatic rings. The van der Waals surface area contributed by atoms with E-state index < -0.39 is 78.7 Å². The molecule has 244 valence electrons. The third-order valence-corrected chi connectivity index (χ3v) is 6.94. The Hall–Kier alpha value is -5.01. The maximum absolute atomic E-state index is 13.9. The Kier molecular flexibility index (Phi) is 13.9. The molecule has 0 unspecified atom stereocenters. The van der Waals surface area contributed by atoms with Gasteiger partial charge in [0.2, 0.25) is 17.7 Å². The molecule has 14 heteroatoms. The molecule has 0 aliphatic heterocycles. The lowest BCUT2D eigenvalue weighted by Gasteiger charge is -2.37. The number of hydrogen-bond donors (Lipinski definition) is 4. The van der Waals surface area contributed by atoms with E-state index in [1.807, 2.05) is 0 Å². The fraction of sp³-hybridized carbons (Fsp3) is 0.419. The van der Waals surface area contributed by atoms with Crippen LogP contribution < -0.4 is 16.4 Å². The number of alkyl carbamates (subject to hydrolysis) is 1. The second-order valence-corrected chi connectivity index (χ2v) is 10.6. The smallest absolute Gasteiger partial charge is 0.408 e. The molecular weight excluding hydrogens is 591 g/mol. The van der Waals surface area contributed by atoms with Gasteiger partial charge in [-0.25, -0.2) is 9.18 Å². The first-order valence-corrected chi connectivity index (χ1v) is 14.1. The van der Waals surface area contributed by atoms with Crippen molar-refractivity contribution in [3.05, 3.63) is 65.7 Å². The van der Waals surface area contributed by atoms with Gasteiger partial charge in [-0.2, -0.15) is 0 Å². The number of carbonyl (C=O) groups excluding carboxylic acids is 6. The normalized spacial score (nSPS) is 13.5. The summed E-state index contributed by atoms with van der Waals surface area (Å²) >= 11 is 0. The zero-order valence-corrected chi connectivity index (χ0v) is 25.5. The van der Waals surface area contributed by atoms with Gasteiger partial charge in [-0.1, -0.05) is 56.3 Å². The fourth-order valence-electron chi connectivity index (χ4n) is 4.36. The number of esters is 1. The van der Waals surface area contributed by atoms with Crippen LogP contribution in [-0.4, -0.2) is 83.5 Å². The average molecular weight is 631 g/mol. The molecule has 0 saturated carbocycles. The topological polar surface area (TPSA) is 194 Å². The molecular formula is C31H39FN4O9. The molecule has 0 aliphatic carbocycles. The Morgan fingerprint density at radius 1 is 0.933 bits per heavy atom. The number of ketones is 1. The van der Waals surface area contributed by atoms with Crippen molar-refractivity contribution in [2.24, 2.45) is 11.7 Å². The number of methoxy groups -OCH3 is 1. The van der Waals surface area contributed by atoms with Gasteiger partial charge >= 0.3 is 12.1 Å². The van der Waals surface area contributed by atoms with Crippen LogP contribution in [0.15, 0.2) is 54.6 Å². The van der Waals surface area contributed by atoms with Crippen molar-refractivity contribution >= 4 is 35.6 Å². The van der Waals surface area contributed by atoms with E-state index in [0.717, 1.165) is 7.11 Å². The number of benzene rings is 2. The van der Waals surface area contributed by atoms with E-state index in [1.165, 1.54) is 31.2 Å². The number of amides is 4. The number of ether oxygens (including phenoxy) is 2. The molecule has 0 spiro atoms. The van der Waals surface area contributed by atoms with Gasteiger partial charge in [0.25, 0.3) is 0 Å². The molecule has 0 radical (unpaired) electrons. The van der Waals surface area contributed by atoms with Crippen molar-refractivity contribution in [2.45, 2.75) is 64.4 Å². The Labute approximate surface area is 260 Å². The first-order valence-electron chi connectivity index (χ1n) is 14.1. The molecule has 0 bridgehead atoms. The van der Waals surface area contributed by atoms with Crippen LogP contribution in [0, 0.1) is 5.92 Å². The number of phenolic OH excluding ortho intramolecular Hbond substituents is 1. The molecule has 2 aromatic carbocycles. The lowest BCUT2D eigenvalue weighted by atomic mass is 9.97. The summed E-state index contributed by atoms with van der Waals surface area (Å²) in [6.45, 7) is 2.70. The third kappa shape index (κ3) is 10.9. The van der Waals surface area contributed by atoms with Crippen molar-refractivity contribution in [1.82, 2.24) is 15.5 Å². The second-order valence-electron chi connectivity index (χ2n) is 10.6. The Balaban J connectivity index is 2.40. The van der Waals surface area contributed by atoms with E-state index in [9.17, 15) is 38.3 Å². The summed E-state index contributed by atoms with van der Waals surface area (Å²) in [5.41, 5.74) is 6.69. The number of primary amides is 1. The third-order valence-electron chi connectivity index (χ3n) is 6.94. The molecule has 45 heavy (non-hydrogen) atoms. The SMILES string of the molecule is COC(=O)C[C@@H](C(=O)CF)N(C(=O)[C@@H](NC(=O)[C@H](Cc1ccc(O)cc1)NC(=O)OCc1ccccc1)C(C)C)[C@@H](C)C(N)=O. The van der Waals surface area contributed by atoms with Gasteiger partial charge in [0.15, 0.2) is 5.78 Å². The van der Waals surface area contributed by atoms with Gasteiger partial charge in [-0.05, 0) is 36.1 Å². The van der Waals surface area contributed by atoms with Crippen LogP contribution in [0.25, 0.3) is 0 Å². The first-order chi connectivity index (χ1) is 21.3. The fourth-order valence-corrected chi connectivity index (χ4v) is 4.36. The predicted molar refractivity (Wildman–Crippen MR) is 159 cm³/mol. The summed E-state index contributed by atoms with van der Waals surface area (Å²) in [4.78, 5) is 77.9. The van der Waals surface area contributed by atoms with Crippen molar-refractivity contribution in [2.75, 3.05) is 13.8 Å². The van der Waals surface area contributed by atoms with Crippen LogP contribution in [-0.2, 0) is 46.5 Å². The number of halogens is 1. The molecule has 0 saturated heterocycles. The highest BCUT2D eigenvalue weighted by atomic mass is 19.1. The number of carbonyl (C=O) groups is 6. The van der Waals surface area contributed by atoms with Crippen molar-refractivity contribution in [3.63, 3.8) is 0 Å². The van der Waals surface area contributed by atoms with Gasteiger partial charge in [0.05, 0.1) is 13.5 Å². The monoisotopic (exact) mass is 630 g/mol. The highest BCUT2D eigenvalue weighted by Crippen LogP contribution is 2.18. The quantitative estimate of drug-likeness (QED) is 0.199. The zero-order valence-electron chi connectivity index (χ0n) is 25.5. The van der Waals surface area contributed by atoms with Gasteiger partial charge < -0.3 is 35.8 Å². The van der Waals surface area contributed by atoms with Crippen LogP contribution in [0.4, 0.5) is 9.18 Å². The van der Waals surface area contributed by atoms with Crippen molar-refractivity contribution in [1.29, 1.82) is 0 Å². The number of nitrogens with zero attached hydrogens (tertiary/aromatic N) is 1. The Bertz CT molecular complexity index is 1340. The highest BCUT2D eigenvalue weighted by Gasteiger charge is 2.41. The molecule has 4 amide bonds. The highest BCUT2D eigenvalue weighted by molar-refractivity contribution is 5.98. The van der Waals surface area contributed by atoms with Crippen LogP contribution >= 0.6 is 0 Å². The Morgan fingerprint density at radius 3 is 2.09 bits per heavy atom. The van der Waals surface area contributed by atoms with Gasteiger partial charge in [0, 0.05) is 6.42 Å². The van der Waals surface area contributed by atoms with E-state index in [2.05, 4.69) is 15.4 Å². The van der Waals surface area contributed by atoms with E-state index in [0.29, 0.717) is 16.0 Å².